The third-order valence-electron chi connectivity index (χ3n) is 0.967. The molecule has 0 saturated carbocycles. The van der Waals surface area contributed by atoms with Crippen LogP contribution in [0.15, 0.2) is 18.7 Å². The summed E-state index contributed by atoms with van der Waals surface area (Å²) in [5, 5.41) is 0. The number of carbonyl (C=O) groups excluding carboxylic acids is 1. The van der Waals surface area contributed by atoms with Crippen molar-refractivity contribution in [1.82, 2.24) is 9.55 Å². The molecule has 0 amide bonds. The fraction of sp³-hybridized carbons (Fsp3) is 0. The van der Waals surface area contributed by atoms with E-state index in [1.807, 2.05) is 0 Å². The smallest absolute Gasteiger partial charge is 0.310 e. The Morgan fingerprint density at radius 2 is 2.56 bits per heavy atom. The fourth-order valence-corrected chi connectivity index (χ4v) is 0.512. The third kappa shape index (κ3) is 1.17. The van der Waals surface area contributed by atoms with Gasteiger partial charge in [-0.05, 0) is 0 Å². The van der Waals surface area contributed by atoms with Crippen LogP contribution in [0.2, 0.25) is 0 Å². The monoisotopic (exact) mass is 123 g/mol. The predicted octanol–water partition coefficient (Wildman–Crippen LogP) is -0.839. The van der Waals surface area contributed by atoms with Crippen molar-refractivity contribution in [2.45, 2.75) is 0 Å². The molecule has 9 heavy (non-hydrogen) atoms. The van der Waals surface area contributed by atoms with E-state index in [-0.39, 0.29) is 13.2 Å². The minimum atomic E-state index is -0.146. The first-order valence-electron chi connectivity index (χ1n) is 2.56. The number of imidazole rings is 1. The highest BCUT2D eigenvalue weighted by Gasteiger charge is 1.99. The molecule has 0 aliphatic heterocycles. The van der Waals surface area contributed by atoms with Crippen molar-refractivity contribution < 1.29 is 4.79 Å². The van der Waals surface area contributed by atoms with Gasteiger partial charge in [0.2, 0.25) is 0 Å². The van der Waals surface area contributed by atoms with E-state index in [1.54, 1.807) is 6.20 Å². The Morgan fingerprint density at radius 1 is 1.78 bits per heavy atom. The summed E-state index contributed by atoms with van der Waals surface area (Å²) < 4.78 is 1.35. The van der Waals surface area contributed by atoms with Gasteiger partial charge < -0.3 is 5.64 Å². The standard InChI is InChI=1S/C4H6BN3O/c6-5-4(9)8-2-1-7-3-8/h1-3,5H,6H2. The maximum absolute atomic E-state index is 10.7. The minimum Gasteiger partial charge on any atom is -0.364 e. The van der Waals surface area contributed by atoms with Gasteiger partial charge in [0.05, 0.1) is 0 Å². The maximum Gasteiger partial charge on any atom is 0.310 e. The molecule has 1 heterocycles. The topological polar surface area (TPSA) is 60.9 Å². The summed E-state index contributed by atoms with van der Waals surface area (Å²) in [6, 6.07) is 0. The Labute approximate surface area is 52.9 Å². The Bertz CT molecular complexity index is 196. The summed E-state index contributed by atoms with van der Waals surface area (Å²) in [5.74, 6) is -0.146. The summed E-state index contributed by atoms with van der Waals surface area (Å²) in [7, 11) is 0.0242. The normalized spacial score (nSPS) is 9.00. The number of nitrogens with two attached hydrogens (primary N) is 1. The van der Waals surface area contributed by atoms with Crippen LogP contribution < -0.4 is 5.64 Å². The van der Waals surface area contributed by atoms with Crippen molar-refractivity contribution in [1.29, 1.82) is 0 Å². The number of aromatic nitrogens is 2. The van der Waals surface area contributed by atoms with Gasteiger partial charge in [0.1, 0.15) is 6.33 Å². The van der Waals surface area contributed by atoms with Crippen molar-refractivity contribution in [2.75, 3.05) is 0 Å². The van der Waals surface area contributed by atoms with Gasteiger partial charge in [-0.2, -0.15) is 0 Å². The van der Waals surface area contributed by atoms with E-state index in [9.17, 15) is 4.79 Å². The van der Waals surface area contributed by atoms with E-state index in [2.05, 4.69) is 4.98 Å². The zero-order chi connectivity index (χ0) is 6.69. The fourth-order valence-electron chi connectivity index (χ4n) is 0.512. The van der Waals surface area contributed by atoms with E-state index >= 15 is 0 Å². The van der Waals surface area contributed by atoms with E-state index in [1.165, 1.54) is 17.1 Å². The number of rotatable bonds is 1. The molecular weight excluding hydrogens is 117 g/mol. The van der Waals surface area contributed by atoms with Gasteiger partial charge in [-0.3, -0.25) is 9.36 Å². The number of hydrogen-bond donors (Lipinski definition) is 1. The summed E-state index contributed by atoms with van der Waals surface area (Å²) >= 11 is 0. The van der Waals surface area contributed by atoms with Gasteiger partial charge in [-0.1, -0.05) is 0 Å². The molecule has 0 atom stereocenters. The van der Waals surface area contributed by atoms with Gasteiger partial charge >= 0.3 is 7.41 Å². The molecule has 0 fully saturated rings. The zero-order valence-corrected chi connectivity index (χ0v) is 4.82. The Balaban J connectivity index is 2.77. The molecule has 0 bridgehead atoms. The molecular formula is C4H6BN3O. The van der Waals surface area contributed by atoms with Gasteiger partial charge in [-0.15, -0.1) is 0 Å². The van der Waals surface area contributed by atoms with Crippen LogP contribution in [-0.2, 0) is 0 Å². The number of nitrogens with zero attached hydrogens (tertiary/aromatic N) is 2. The molecule has 0 unspecified atom stereocenters. The SMILES string of the molecule is NBC(=O)n1ccnc1. The van der Waals surface area contributed by atoms with Gasteiger partial charge in [0, 0.05) is 12.4 Å². The van der Waals surface area contributed by atoms with Crippen molar-refractivity contribution in [3.63, 3.8) is 0 Å². The van der Waals surface area contributed by atoms with Crippen LogP contribution in [-0.4, -0.2) is 22.8 Å². The van der Waals surface area contributed by atoms with Crippen LogP contribution in [0.1, 0.15) is 0 Å². The highest BCUT2D eigenvalue weighted by atomic mass is 16.1. The molecule has 1 aromatic rings. The van der Waals surface area contributed by atoms with E-state index in [4.69, 9.17) is 5.64 Å². The summed E-state index contributed by atoms with van der Waals surface area (Å²) in [6.07, 6.45) is 4.53. The average Bonchev–Trinajstić information content (AvgIpc) is 2.37. The van der Waals surface area contributed by atoms with E-state index in [0.29, 0.717) is 0 Å². The van der Waals surface area contributed by atoms with Crippen molar-refractivity contribution in [2.24, 2.45) is 5.64 Å². The Kier molecular flexibility index (Phi) is 1.64. The molecule has 2 N–H and O–H groups in total. The second kappa shape index (κ2) is 2.45. The zero-order valence-electron chi connectivity index (χ0n) is 4.82. The molecule has 0 spiro atoms. The molecule has 5 heteroatoms. The molecule has 1 rings (SSSR count). The second-order valence-corrected chi connectivity index (χ2v) is 1.57. The highest BCUT2D eigenvalue weighted by Crippen LogP contribution is 1.82. The van der Waals surface area contributed by atoms with Crippen LogP contribution in [0.4, 0.5) is 4.79 Å². The first-order valence-corrected chi connectivity index (χ1v) is 2.56. The first-order chi connectivity index (χ1) is 4.34. The molecule has 0 aliphatic carbocycles. The van der Waals surface area contributed by atoms with Crippen molar-refractivity contribution in [3.05, 3.63) is 18.7 Å². The lowest BCUT2D eigenvalue weighted by Gasteiger charge is -1.91. The highest BCUT2D eigenvalue weighted by molar-refractivity contribution is 6.71. The molecule has 4 nitrogen and oxygen atoms in total. The lowest BCUT2D eigenvalue weighted by atomic mass is 9.96. The molecule has 0 saturated heterocycles. The Hall–Kier alpha value is -1.10. The molecule has 0 aliphatic rings. The van der Waals surface area contributed by atoms with Crippen LogP contribution >= 0.6 is 0 Å². The van der Waals surface area contributed by atoms with Gasteiger partial charge in [-0.25, -0.2) is 4.98 Å². The molecule has 0 radical (unpaired) electrons. The third-order valence-corrected chi connectivity index (χ3v) is 0.967. The summed E-state index contributed by atoms with van der Waals surface area (Å²) in [4.78, 5) is 14.4. The lowest BCUT2D eigenvalue weighted by molar-refractivity contribution is 0.260. The number of carbonyl (C=O) groups is 1. The average molecular weight is 123 g/mol. The summed E-state index contributed by atoms with van der Waals surface area (Å²) in [6.45, 7) is 0. The molecule has 1 aromatic heterocycles. The van der Waals surface area contributed by atoms with Gasteiger partial charge in [0.25, 0.3) is 0 Å². The van der Waals surface area contributed by atoms with Crippen LogP contribution in [0.25, 0.3) is 0 Å². The van der Waals surface area contributed by atoms with Crippen molar-refractivity contribution >= 4 is 13.2 Å². The molecule has 46 valence electrons. The lowest BCUT2D eigenvalue weighted by Crippen LogP contribution is -2.22. The first kappa shape index (κ1) is 6.03. The van der Waals surface area contributed by atoms with Crippen molar-refractivity contribution in [3.8, 4) is 0 Å². The maximum atomic E-state index is 10.7. The van der Waals surface area contributed by atoms with Crippen LogP contribution in [0.3, 0.4) is 0 Å². The van der Waals surface area contributed by atoms with E-state index < -0.39 is 0 Å². The van der Waals surface area contributed by atoms with Crippen LogP contribution in [0.5, 0.6) is 0 Å². The molecule has 0 aromatic carbocycles. The van der Waals surface area contributed by atoms with Gasteiger partial charge in [0.15, 0.2) is 5.81 Å². The quantitative estimate of drug-likeness (QED) is 0.495. The number of hydrogen-bond acceptors (Lipinski definition) is 3. The largest absolute Gasteiger partial charge is 0.364 e. The van der Waals surface area contributed by atoms with E-state index in [0.717, 1.165) is 0 Å². The minimum absolute atomic E-state index is 0.0242. The summed E-state index contributed by atoms with van der Waals surface area (Å²) in [5.41, 5.74) is 5.07. The predicted molar refractivity (Wildman–Crippen MR) is 34.4 cm³/mol. The second-order valence-electron chi connectivity index (χ2n) is 1.57. The Morgan fingerprint density at radius 3 is 3.00 bits per heavy atom. The van der Waals surface area contributed by atoms with Crippen LogP contribution in [0, 0.1) is 0 Å².